The van der Waals surface area contributed by atoms with E-state index in [0.717, 1.165) is 11.8 Å². The summed E-state index contributed by atoms with van der Waals surface area (Å²) in [7, 11) is 0. The number of halogens is 1. The van der Waals surface area contributed by atoms with Gasteiger partial charge < -0.3 is 14.9 Å². The lowest BCUT2D eigenvalue weighted by Gasteiger charge is -2.05. The molecule has 0 spiro atoms. The molecule has 0 unspecified atom stereocenters. The molecule has 1 amide bonds. The highest BCUT2D eigenvalue weighted by atomic mass is 19.1. The van der Waals surface area contributed by atoms with Crippen molar-refractivity contribution in [2.45, 2.75) is 13.5 Å². The van der Waals surface area contributed by atoms with E-state index in [1.807, 2.05) is 0 Å². The molecule has 1 aromatic carbocycles. The number of aliphatic hydroxyl groups is 1. The van der Waals surface area contributed by atoms with Crippen LogP contribution >= 0.6 is 0 Å². The summed E-state index contributed by atoms with van der Waals surface area (Å²) < 4.78 is 18.2. The van der Waals surface area contributed by atoms with Gasteiger partial charge in [-0.3, -0.25) is 4.79 Å². The van der Waals surface area contributed by atoms with E-state index in [-0.39, 0.29) is 24.3 Å². The van der Waals surface area contributed by atoms with Crippen LogP contribution in [-0.4, -0.2) is 22.8 Å². The van der Waals surface area contributed by atoms with Gasteiger partial charge in [0.15, 0.2) is 5.76 Å². The molecule has 0 fully saturated rings. The van der Waals surface area contributed by atoms with Gasteiger partial charge >= 0.3 is 0 Å². The first-order valence-corrected chi connectivity index (χ1v) is 6.20. The van der Waals surface area contributed by atoms with Crippen molar-refractivity contribution < 1.29 is 18.8 Å². The van der Waals surface area contributed by atoms with Crippen LogP contribution in [0.1, 0.15) is 27.4 Å². The molecule has 0 radical (unpaired) electrons. The fraction of sp³-hybridized carbons (Fsp3) is 0.200. The van der Waals surface area contributed by atoms with E-state index >= 15 is 0 Å². The molecule has 1 aromatic heterocycles. The van der Waals surface area contributed by atoms with E-state index < -0.39 is 11.7 Å². The summed E-state index contributed by atoms with van der Waals surface area (Å²) in [4.78, 5) is 12.1. The fourth-order valence-electron chi connectivity index (χ4n) is 1.71. The molecular formula is C15H13FN2O3. The van der Waals surface area contributed by atoms with Crippen LogP contribution in [0, 0.1) is 24.6 Å². The molecule has 6 heteroatoms. The van der Waals surface area contributed by atoms with E-state index in [9.17, 15) is 9.18 Å². The molecule has 2 aromatic rings. The first-order valence-electron chi connectivity index (χ1n) is 6.20. The molecule has 1 heterocycles. The second-order valence-electron chi connectivity index (χ2n) is 4.27. The van der Waals surface area contributed by atoms with E-state index in [2.05, 4.69) is 22.3 Å². The molecular weight excluding hydrogens is 275 g/mol. The number of carbonyl (C=O) groups excluding carboxylic acids is 1. The number of amides is 1. The van der Waals surface area contributed by atoms with Crippen molar-refractivity contribution in [3.05, 3.63) is 52.7 Å². The number of nitrogens with one attached hydrogen (secondary N) is 1. The minimum atomic E-state index is -0.500. The van der Waals surface area contributed by atoms with E-state index in [1.54, 1.807) is 13.0 Å². The number of carbonyl (C=O) groups is 1. The molecule has 21 heavy (non-hydrogen) atoms. The van der Waals surface area contributed by atoms with Crippen LogP contribution in [0.2, 0.25) is 0 Å². The maximum Gasteiger partial charge on any atom is 0.252 e. The van der Waals surface area contributed by atoms with Crippen LogP contribution in [-0.2, 0) is 6.54 Å². The maximum atomic E-state index is 13.2. The lowest BCUT2D eigenvalue weighted by atomic mass is 10.1. The minimum absolute atomic E-state index is 0.171. The predicted molar refractivity (Wildman–Crippen MR) is 72.8 cm³/mol. The Balaban J connectivity index is 2.14. The number of benzene rings is 1. The molecule has 2 N–H and O–H groups in total. The Labute approximate surface area is 120 Å². The van der Waals surface area contributed by atoms with E-state index in [4.69, 9.17) is 9.63 Å². The highest BCUT2D eigenvalue weighted by Crippen LogP contribution is 2.11. The number of aliphatic hydroxyl groups excluding tert-OH is 1. The van der Waals surface area contributed by atoms with Crippen LogP contribution in [0.3, 0.4) is 0 Å². The molecule has 0 saturated heterocycles. The summed E-state index contributed by atoms with van der Waals surface area (Å²) in [6.45, 7) is 1.58. The third kappa shape index (κ3) is 3.91. The predicted octanol–water partition coefficient (Wildman–Crippen LogP) is 1.40. The number of rotatable bonds is 3. The van der Waals surface area contributed by atoms with Gasteiger partial charge in [-0.1, -0.05) is 17.0 Å². The molecule has 108 valence electrons. The summed E-state index contributed by atoms with van der Waals surface area (Å²) >= 11 is 0. The largest absolute Gasteiger partial charge is 0.384 e. The van der Waals surface area contributed by atoms with Crippen LogP contribution < -0.4 is 5.32 Å². The van der Waals surface area contributed by atoms with Gasteiger partial charge in [-0.05, 0) is 25.1 Å². The van der Waals surface area contributed by atoms with Gasteiger partial charge in [0, 0.05) is 11.6 Å². The van der Waals surface area contributed by atoms with Crippen molar-refractivity contribution >= 4 is 5.91 Å². The first-order chi connectivity index (χ1) is 10.1. The Hall–Kier alpha value is -2.65. The van der Waals surface area contributed by atoms with Gasteiger partial charge in [0.25, 0.3) is 5.91 Å². The lowest BCUT2D eigenvalue weighted by molar-refractivity contribution is 0.0947. The molecule has 0 bridgehead atoms. The van der Waals surface area contributed by atoms with Gasteiger partial charge in [-0.15, -0.1) is 0 Å². The van der Waals surface area contributed by atoms with Crippen molar-refractivity contribution in [1.29, 1.82) is 0 Å². The molecule has 5 nitrogen and oxygen atoms in total. The second kappa shape index (κ2) is 6.68. The monoisotopic (exact) mass is 288 g/mol. The maximum absolute atomic E-state index is 13.2. The van der Waals surface area contributed by atoms with E-state index in [1.165, 1.54) is 12.1 Å². The molecule has 0 atom stereocenters. The fourth-order valence-corrected chi connectivity index (χ4v) is 1.71. The summed E-state index contributed by atoms with van der Waals surface area (Å²) in [6, 6.07) is 5.38. The average Bonchev–Trinajstić information content (AvgIpc) is 2.88. The normalized spacial score (nSPS) is 9.86. The Morgan fingerprint density at radius 2 is 2.29 bits per heavy atom. The summed E-state index contributed by atoms with van der Waals surface area (Å²) in [6.07, 6.45) is 0. The lowest BCUT2D eigenvalue weighted by Crippen LogP contribution is -2.23. The van der Waals surface area contributed by atoms with Gasteiger partial charge in [0.05, 0.1) is 17.8 Å². The van der Waals surface area contributed by atoms with Gasteiger partial charge in [-0.25, -0.2) is 4.39 Å². The Morgan fingerprint density at radius 1 is 1.48 bits per heavy atom. The zero-order chi connectivity index (χ0) is 15.2. The summed E-state index contributed by atoms with van der Waals surface area (Å²) in [5.74, 6) is 4.55. The van der Waals surface area contributed by atoms with E-state index in [0.29, 0.717) is 5.76 Å². The van der Waals surface area contributed by atoms with Crippen molar-refractivity contribution in [3.8, 4) is 11.8 Å². The number of hydrogen-bond donors (Lipinski definition) is 2. The third-order valence-corrected chi connectivity index (χ3v) is 2.63. The van der Waals surface area contributed by atoms with Crippen LogP contribution in [0.15, 0.2) is 28.8 Å². The number of aryl methyl sites for hydroxylation is 1. The van der Waals surface area contributed by atoms with Crippen LogP contribution in [0.4, 0.5) is 4.39 Å². The van der Waals surface area contributed by atoms with Gasteiger partial charge in [-0.2, -0.15) is 0 Å². The smallest absolute Gasteiger partial charge is 0.252 e. The highest BCUT2D eigenvalue weighted by Gasteiger charge is 2.12. The minimum Gasteiger partial charge on any atom is -0.384 e. The molecule has 2 rings (SSSR count). The SMILES string of the molecule is Cc1cc(CNC(=O)c2ccc(F)cc2C#CCO)on1. The Bertz CT molecular complexity index is 713. The number of nitrogens with zero attached hydrogens (tertiary/aromatic N) is 1. The Kier molecular flexibility index (Phi) is 4.69. The molecule has 0 aliphatic rings. The zero-order valence-corrected chi connectivity index (χ0v) is 11.3. The van der Waals surface area contributed by atoms with Gasteiger partial charge in [0.1, 0.15) is 12.4 Å². The van der Waals surface area contributed by atoms with Crippen LogP contribution in [0.5, 0.6) is 0 Å². The van der Waals surface area contributed by atoms with Gasteiger partial charge in [0.2, 0.25) is 0 Å². The molecule has 0 aliphatic carbocycles. The van der Waals surface area contributed by atoms with Crippen molar-refractivity contribution in [2.75, 3.05) is 6.61 Å². The number of aromatic nitrogens is 1. The molecule has 0 saturated carbocycles. The quantitative estimate of drug-likeness (QED) is 0.837. The topological polar surface area (TPSA) is 75.4 Å². The zero-order valence-electron chi connectivity index (χ0n) is 11.3. The van der Waals surface area contributed by atoms with Crippen LogP contribution in [0.25, 0.3) is 0 Å². The average molecular weight is 288 g/mol. The Morgan fingerprint density at radius 3 is 2.95 bits per heavy atom. The van der Waals surface area contributed by atoms with Crippen molar-refractivity contribution in [2.24, 2.45) is 0 Å². The molecule has 0 aliphatic heterocycles. The standard InChI is InChI=1S/C15H13FN2O3/c1-10-7-13(21-18-10)9-17-15(20)14-5-4-12(16)8-11(14)3-2-6-19/h4-5,7-8,19H,6,9H2,1H3,(H,17,20). The highest BCUT2D eigenvalue weighted by molar-refractivity contribution is 5.96. The summed E-state index contributed by atoms with van der Waals surface area (Å²) in [5, 5.41) is 15.0. The third-order valence-electron chi connectivity index (χ3n) is 2.63. The van der Waals surface area contributed by atoms with Crippen molar-refractivity contribution in [1.82, 2.24) is 10.5 Å². The van der Waals surface area contributed by atoms with Crippen molar-refractivity contribution in [3.63, 3.8) is 0 Å². The number of hydrogen-bond acceptors (Lipinski definition) is 4. The summed E-state index contributed by atoms with van der Waals surface area (Å²) in [5.41, 5.74) is 1.17. The first kappa shape index (κ1) is 14.8. The second-order valence-corrected chi connectivity index (χ2v) is 4.27.